The quantitative estimate of drug-likeness (QED) is 0.204. The molecular formula is C7H12N2O. The van der Waals surface area contributed by atoms with Gasteiger partial charge in [-0.2, -0.15) is 0 Å². The number of terminal acetylenes is 1. The Morgan fingerprint density at radius 2 is 2.20 bits per heavy atom. The Labute approximate surface area is 61.1 Å². The van der Waals surface area contributed by atoms with Gasteiger partial charge in [0.25, 0.3) is 0 Å². The van der Waals surface area contributed by atoms with E-state index < -0.39 is 0 Å². The predicted molar refractivity (Wildman–Crippen MR) is 41.1 cm³/mol. The van der Waals surface area contributed by atoms with E-state index in [1.54, 1.807) is 6.08 Å². The van der Waals surface area contributed by atoms with Gasteiger partial charge in [0.15, 0.2) is 0 Å². The minimum absolute atomic E-state index is 0.0802. The van der Waals surface area contributed by atoms with Crippen molar-refractivity contribution in [3.63, 3.8) is 0 Å². The van der Waals surface area contributed by atoms with Gasteiger partial charge in [0.2, 0.25) is 0 Å². The molecule has 0 radical (unpaired) electrons. The van der Waals surface area contributed by atoms with E-state index in [9.17, 15) is 0 Å². The highest BCUT2D eigenvalue weighted by Crippen LogP contribution is 1.65. The molecule has 3 nitrogen and oxygen atoms in total. The number of hydrazine groups is 1. The van der Waals surface area contributed by atoms with Crippen molar-refractivity contribution in [2.45, 2.75) is 0 Å². The molecule has 0 unspecified atom stereocenters. The van der Waals surface area contributed by atoms with Crippen molar-refractivity contribution in [2.75, 3.05) is 19.7 Å². The zero-order valence-corrected chi connectivity index (χ0v) is 5.80. The number of aliphatic hydroxyl groups excluding tert-OH is 1. The summed E-state index contributed by atoms with van der Waals surface area (Å²) in [4.78, 5) is 0. The fourth-order valence-electron chi connectivity index (χ4n) is 0.402. The fraction of sp³-hybridized carbons (Fsp3) is 0.429. The lowest BCUT2D eigenvalue weighted by Gasteiger charge is -1.97. The molecule has 0 aliphatic rings. The Bertz CT molecular complexity index is 126. The highest BCUT2D eigenvalue weighted by atomic mass is 16.2. The molecule has 0 aromatic heterocycles. The summed E-state index contributed by atoms with van der Waals surface area (Å²) >= 11 is 0. The summed E-state index contributed by atoms with van der Waals surface area (Å²) in [6.45, 7) is 1.26. The van der Waals surface area contributed by atoms with Crippen molar-refractivity contribution >= 4 is 0 Å². The van der Waals surface area contributed by atoms with Gasteiger partial charge in [-0.05, 0) is 0 Å². The molecule has 0 saturated carbocycles. The average molecular weight is 140 g/mol. The van der Waals surface area contributed by atoms with Gasteiger partial charge in [0.1, 0.15) is 0 Å². The highest BCUT2D eigenvalue weighted by Gasteiger charge is 1.75. The first kappa shape index (κ1) is 9.18. The van der Waals surface area contributed by atoms with Crippen LogP contribution in [0.25, 0.3) is 0 Å². The molecule has 0 amide bonds. The molecule has 56 valence electrons. The van der Waals surface area contributed by atoms with Crippen molar-refractivity contribution in [1.29, 1.82) is 0 Å². The molecule has 0 aromatic carbocycles. The van der Waals surface area contributed by atoms with Gasteiger partial charge in [0, 0.05) is 6.54 Å². The van der Waals surface area contributed by atoms with Gasteiger partial charge in [-0.15, -0.1) is 6.42 Å². The molecule has 0 aliphatic heterocycles. The number of nitrogens with one attached hydrogen (secondary N) is 2. The Balaban J connectivity index is 2.92. The van der Waals surface area contributed by atoms with Crippen molar-refractivity contribution in [3.05, 3.63) is 12.2 Å². The van der Waals surface area contributed by atoms with Gasteiger partial charge in [-0.1, -0.05) is 18.1 Å². The molecule has 0 aromatic rings. The van der Waals surface area contributed by atoms with Gasteiger partial charge in [0.05, 0.1) is 13.2 Å². The van der Waals surface area contributed by atoms with E-state index in [1.807, 2.05) is 6.08 Å². The van der Waals surface area contributed by atoms with Gasteiger partial charge < -0.3 is 5.11 Å². The van der Waals surface area contributed by atoms with Crippen molar-refractivity contribution < 1.29 is 5.11 Å². The topological polar surface area (TPSA) is 44.3 Å². The third-order valence-corrected chi connectivity index (χ3v) is 0.807. The molecule has 0 atom stereocenters. The van der Waals surface area contributed by atoms with E-state index >= 15 is 0 Å². The maximum atomic E-state index is 8.30. The van der Waals surface area contributed by atoms with E-state index in [1.165, 1.54) is 0 Å². The van der Waals surface area contributed by atoms with Crippen LogP contribution in [0.15, 0.2) is 12.2 Å². The summed E-state index contributed by atoms with van der Waals surface area (Å²) in [6, 6.07) is 0. The largest absolute Gasteiger partial charge is 0.392 e. The van der Waals surface area contributed by atoms with Crippen molar-refractivity contribution in [2.24, 2.45) is 0 Å². The summed E-state index contributed by atoms with van der Waals surface area (Å²) in [5, 5.41) is 8.30. The summed E-state index contributed by atoms with van der Waals surface area (Å²) in [5.74, 6) is 2.41. The van der Waals surface area contributed by atoms with Crippen LogP contribution in [-0.4, -0.2) is 24.8 Å². The second-order valence-electron chi connectivity index (χ2n) is 1.59. The molecular weight excluding hydrogens is 128 g/mol. The zero-order valence-electron chi connectivity index (χ0n) is 5.80. The van der Waals surface area contributed by atoms with Gasteiger partial charge in [-0.3, -0.25) is 5.43 Å². The second kappa shape index (κ2) is 8.18. The third kappa shape index (κ3) is 7.18. The molecule has 0 saturated heterocycles. The zero-order chi connectivity index (χ0) is 7.66. The summed E-state index contributed by atoms with van der Waals surface area (Å²) in [7, 11) is 0. The molecule has 0 rings (SSSR count). The predicted octanol–water partition coefficient (Wildman–Crippen LogP) is -0.738. The summed E-state index contributed by atoms with van der Waals surface area (Å²) in [5.41, 5.74) is 5.61. The average Bonchev–Trinajstić information content (AvgIpc) is 1.97. The van der Waals surface area contributed by atoms with Crippen LogP contribution in [0.3, 0.4) is 0 Å². The molecule has 0 heterocycles. The number of rotatable bonds is 5. The van der Waals surface area contributed by atoms with Crippen LogP contribution in [0.4, 0.5) is 0 Å². The first-order valence-electron chi connectivity index (χ1n) is 3.07. The minimum atomic E-state index is 0.0802. The van der Waals surface area contributed by atoms with E-state index in [0.717, 1.165) is 0 Å². The van der Waals surface area contributed by atoms with Crippen LogP contribution in [0, 0.1) is 12.3 Å². The van der Waals surface area contributed by atoms with Crippen molar-refractivity contribution in [1.82, 2.24) is 10.9 Å². The van der Waals surface area contributed by atoms with Crippen LogP contribution in [0.5, 0.6) is 0 Å². The summed E-state index contributed by atoms with van der Waals surface area (Å²) in [6.07, 6.45) is 8.43. The SMILES string of the molecule is C#CCNNC/C=C/CO. The van der Waals surface area contributed by atoms with Crippen LogP contribution in [-0.2, 0) is 0 Å². The van der Waals surface area contributed by atoms with Crippen LogP contribution in [0.1, 0.15) is 0 Å². The third-order valence-electron chi connectivity index (χ3n) is 0.807. The number of hydrogen-bond acceptors (Lipinski definition) is 3. The molecule has 0 aliphatic carbocycles. The molecule has 10 heavy (non-hydrogen) atoms. The monoisotopic (exact) mass is 140 g/mol. The number of aliphatic hydroxyl groups is 1. The van der Waals surface area contributed by atoms with Gasteiger partial charge in [-0.25, -0.2) is 5.43 Å². The first-order chi connectivity index (χ1) is 4.91. The van der Waals surface area contributed by atoms with Crippen LogP contribution >= 0.6 is 0 Å². The highest BCUT2D eigenvalue weighted by molar-refractivity contribution is 4.86. The van der Waals surface area contributed by atoms with E-state index in [0.29, 0.717) is 13.1 Å². The molecule has 0 fully saturated rings. The Morgan fingerprint density at radius 1 is 1.40 bits per heavy atom. The van der Waals surface area contributed by atoms with Crippen LogP contribution < -0.4 is 10.9 Å². The Kier molecular flexibility index (Phi) is 7.51. The number of hydrogen-bond donors (Lipinski definition) is 3. The first-order valence-corrected chi connectivity index (χ1v) is 3.07. The Hall–Kier alpha value is -0.820. The minimum Gasteiger partial charge on any atom is -0.392 e. The van der Waals surface area contributed by atoms with Gasteiger partial charge >= 0.3 is 0 Å². The second-order valence-corrected chi connectivity index (χ2v) is 1.59. The lowest BCUT2D eigenvalue weighted by atomic mass is 10.5. The van der Waals surface area contributed by atoms with Crippen molar-refractivity contribution in [3.8, 4) is 12.3 Å². The van der Waals surface area contributed by atoms with E-state index in [2.05, 4.69) is 16.8 Å². The molecule has 0 bridgehead atoms. The summed E-state index contributed by atoms with van der Waals surface area (Å²) < 4.78 is 0. The maximum Gasteiger partial charge on any atom is 0.0709 e. The standard InChI is InChI=1S/C7H12N2O/c1-2-5-8-9-6-3-4-7-10/h1,3-4,8-10H,5-7H2/b4-3+. The smallest absolute Gasteiger partial charge is 0.0709 e. The molecule has 3 heteroatoms. The van der Waals surface area contributed by atoms with Crippen LogP contribution in [0.2, 0.25) is 0 Å². The molecule has 3 N–H and O–H groups in total. The van der Waals surface area contributed by atoms with E-state index in [4.69, 9.17) is 11.5 Å². The normalized spacial score (nSPS) is 10.0. The lowest BCUT2D eigenvalue weighted by molar-refractivity contribution is 0.342. The maximum absolute atomic E-state index is 8.30. The van der Waals surface area contributed by atoms with E-state index in [-0.39, 0.29) is 6.61 Å². The molecule has 0 spiro atoms. The lowest BCUT2D eigenvalue weighted by Crippen LogP contribution is -2.31. The fourth-order valence-corrected chi connectivity index (χ4v) is 0.402. The Morgan fingerprint density at radius 3 is 2.80 bits per heavy atom.